The summed E-state index contributed by atoms with van der Waals surface area (Å²) in [7, 11) is 0. The van der Waals surface area contributed by atoms with Gasteiger partial charge < -0.3 is 10.6 Å². The van der Waals surface area contributed by atoms with Gasteiger partial charge in [-0.15, -0.1) is 0 Å². The zero-order valence-electron chi connectivity index (χ0n) is 10.0. The molecule has 1 aliphatic heterocycles. The Morgan fingerprint density at radius 3 is 2.94 bits per heavy atom. The van der Waals surface area contributed by atoms with Crippen molar-refractivity contribution in [3.63, 3.8) is 0 Å². The first-order chi connectivity index (χ1) is 8.60. The molecule has 1 amide bonds. The highest BCUT2D eigenvalue weighted by atomic mass is 79.9. The van der Waals surface area contributed by atoms with Gasteiger partial charge in [-0.3, -0.25) is 4.79 Å². The van der Waals surface area contributed by atoms with Crippen LogP contribution in [-0.4, -0.2) is 30.4 Å². The quantitative estimate of drug-likeness (QED) is 0.925. The molecule has 18 heavy (non-hydrogen) atoms. The van der Waals surface area contributed by atoms with E-state index in [1.807, 2.05) is 23.1 Å². The van der Waals surface area contributed by atoms with E-state index in [-0.39, 0.29) is 5.91 Å². The smallest absolute Gasteiger partial charge is 0.227 e. The standard InChI is InChI=1S/C13H16BrClN2O/c14-12-6-11(15)2-1-10(12)5-13(18)17-4-3-9(7-16)8-17/h1-2,6,9H,3-5,7-8,16H2/t9-/m1/s1. The first-order valence-electron chi connectivity index (χ1n) is 6.02. The number of halogens is 2. The van der Waals surface area contributed by atoms with Crippen LogP contribution in [0.3, 0.4) is 0 Å². The number of benzene rings is 1. The third kappa shape index (κ3) is 3.25. The fourth-order valence-electron chi connectivity index (χ4n) is 2.19. The van der Waals surface area contributed by atoms with Gasteiger partial charge in [0.15, 0.2) is 0 Å². The van der Waals surface area contributed by atoms with Crippen molar-refractivity contribution in [1.29, 1.82) is 0 Å². The normalized spacial score (nSPS) is 19.3. The topological polar surface area (TPSA) is 46.3 Å². The molecule has 5 heteroatoms. The van der Waals surface area contributed by atoms with Gasteiger partial charge in [-0.05, 0) is 36.6 Å². The van der Waals surface area contributed by atoms with Crippen molar-refractivity contribution in [2.75, 3.05) is 19.6 Å². The van der Waals surface area contributed by atoms with E-state index in [0.29, 0.717) is 23.9 Å². The number of amides is 1. The Kier molecular flexibility index (Phi) is 4.65. The van der Waals surface area contributed by atoms with Crippen molar-refractivity contribution in [1.82, 2.24) is 4.90 Å². The van der Waals surface area contributed by atoms with E-state index in [0.717, 1.165) is 29.5 Å². The number of hydrogen-bond acceptors (Lipinski definition) is 2. The monoisotopic (exact) mass is 330 g/mol. The van der Waals surface area contributed by atoms with E-state index >= 15 is 0 Å². The molecular weight excluding hydrogens is 316 g/mol. The van der Waals surface area contributed by atoms with Crippen LogP contribution < -0.4 is 5.73 Å². The fourth-order valence-corrected chi connectivity index (χ4v) is 3.01. The highest BCUT2D eigenvalue weighted by molar-refractivity contribution is 9.10. The van der Waals surface area contributed by atoms with Gasteiger partial charge in [-0.2, -0.15) is 0 Å². The molecule has 2 rings (SSSR count). The summed E-state index contributed by atoms with van der Waals surface area (Å²) in [6.07, 6.45) is 1.43. The highest BCUT2D eigenvalue weighted by Gasteiger charge is 2.25. The molecule has 0 aromatic heterocycles. The number of rotatable bonds is 3. The van der Waals surface area contributed by atoms with Gasteiger partial charge in [-0.25, -0.2) is 0 Å². The lowest BCUT2D eigenvalue weighted by molar-refractivity contribution is -0.129. The predicted molar refractivity (Wildman–Crippen MR) is 76.6 cm³/mol. The molecule has 1 fully saturated rings. The average molecular weight is 332 g/mol. The van der Waals surface area contributed by atoms with Gasteiger partial charge in [-0.1, -0.05) is 33.6 Å². The second-order valence-corrected chi connectivity index (χ2v) is 5.93. The van der Waals surface area contributed by atoms with Gasteiger partial charge in [0, 0.05) is 22.6 Å². The molecule has 2 N–H and O–H groups in total. The number of likely N-dealkylation sites (tertiary alicyclic amines) is 1. The molecule has 1 aromatic rings. The van der Waals surface area contributed by atoms with E-state index in [4.69, 9.17) is 17.3 Å². The van der Waals surface area contributed by atoms with Crippen LogP contribution in [0.5, 0.6) is 0 Å². The summed E-state index contributed by atoms with van der Waals surface area (Å²) in [6.45, 7) is 2.28. The molecular formula is C13H16BrClN2O. The molecule has 0 spiro atoms. The Morgan fingerprint density at radius 1 is 1.56 bits per heavy atom. The molecule has 1 heterocycles. The van der Waals surface area contributed by atoms with E-state index in [1.165, 1.54) is 0 Å². The molecule has 1 aliphatic rings. The number of carbonyl (C=O) groups is 1. The Hall–Kier alpha value is -0.580. The minimum atomic E-state index is 0.161. The maximum atomic E-state index is 12.1. The van der Waals surface area contributed by atoms with Crippen LogP contribution in [0.1, 0.15) is 12.0 Å². The molecule has 0 aliphatic carbocycles. The summed E-state index contributed by atoms with van der Waals surface area (Å²) in [5.74, 6) is 0.622. The largest absolute Gasteiger partial charge is 0.342 e. The minimum absolute atomic E-state index is 0.161. The van der Waals surface area contributed by atoms with E-state index in [2.05, 4.69) is 15.9 Å². The molecule has 0 unspecified atom stereocenters. The second-order valence-electron chi connectivity index (χ2n) is 4.64. The molecule has 3 nitrogen and oxygen atoms in total. The minimum Gasteiger partial charge on any atom is -0.342 e. The first-order valence-corrected chi connectivity index (χ1v) is 7.19. The summed E-state index contributed by atoms with van der Waals surface area (Å²) in [6, 6.07) is 5.51. The first kappa shape index (κ1) is 13.8. The summed E-state index contributed by atoms with van der Waals surface area (Å²) in [5.41, 5.74) is 6.60. The van der Waals surface area contributed by atoms with Crippen molar-refractivity contribution >= 4 is 33.4 Å². The number of carbonyl (C=O) groups excluding carboxylic acids is 1. The van der Waals surface area contributed by atoms with Crippen LogP contribution in [0.2, 0.25) is 5.02 Å². The van der Waals surface area contributed by atoms with Gasteiger partial charge >= 0.3 is 0 Å². The maximum absolute atomic E-state index is 12.1. The Morgan fingerprint density at radius 2 is 2.33 bits per heavy atom. The highest BCUT2D eigenvalue weighted by Crippen LogP contribution is 2.23. The SMILES string of the molecule is NC[C@H]1CCN(C(=O)Cc2ccc(Cl)cc2Br)C1. The third-order valence-electron chi connectivity index (χ3n) is 3.33. The molecule has 0 bridgehead atoms. The lowest BCUT2D eigenvalue weighted by Crippen LogP contribution is -2.31. The van der Waals surface area contributed by atoms with Crippen LogP contribution in [-0.2, 0) is 11.2 Å². The molecule has 1 atom stereocenters. The fraction of sp³-hybridized carbons (Fsp3) is 0.462. The number of nitrogens with two attached hydrogens (primary N) is 1. The number of hydrogen-bond donors (Lipinski definition) is 1. The van der Waals surface area contributed by atoms with Gasteiger partial charge in [0.25, 0.3) is 0 Å². The van der Waals surface area contributed by atoms with Crippen molar-refractivity contribution in [2.45, 2.75) is 12.8 Å². The Labute approximate surface area is 120 Å². The Bertz CT molecular complexity index is 453. The summed E-state index contributed by atoms with van der Waals surface area (Å²) >= 11 is 9.31. The van der Waals surface area contributed by atoms with Crippen LogP contribution in [0, 0.1) is 5.92 Å². The summed E-state index contributed by atoms with van der Waals surface area (Å²) in [5, 5.41) is 0.669. The van der Waals surface area contributed by atoms with Crippen LogP contribution in [0.15, 0.2) is 22.7 Å². The van der Waals surface area contributed by atoms with E-state index in [9.17, 15) is 4.79 Å². The molecule has 98 valence electrons. The lowest BCUT2D eigenvalue weighted by atomic mass is 10.1. The summed E-state index contributed by atoms with van der Waals surface area (Å²) in [4.78, 5) is 14.0. The average Bonchev–Trinajstić information content (AvgIpc) is 2.81. The van der Waals surface area contributed by atoms with Crippen LogP contribution >= 0.6 is 27.5 Å². The zero-order chi connectivity index (χ0) is 13.1. The van der Waals surface area contributed by atoms with Crippen molar-refractivity contribution in [3.8, 4) is 0 Å². The molecule has 1 saturated heterocycles. The molecule has 0 radical (unpaired) electrons. The van der Waals surface area contributed by atoms with E-state index in [1.54, 1.807) is 0 Å². The van der Waals surface area contributed by atoms with E-state index < -0.39 is 0 Å². The number of nitrogens with zero attached hydrogens (tertiary/aromatic N) is 1. The van der Waals surface area contributed by atoms with Gasteiger partial charge in [0.2, 0.25) is 5.91 Å². The predicted octanol–water partition coefficient (Wildman–Crippen LogP) is 2.45. The lowest BCUT2D eigenvalue weighted by Gasteiger charge is -2.16. The molecule has 1 aromatic carbocycles. The summed E-state index contributed by atoms with van der Waals surface area (Å²) < 4.78 is 0.887. The zero-order valence-corrected chi connectivity index (χ0v) is 12.4. The van der Waals surface area contributed by atoms with Crippen LogP contribution in [0.4, 0.5) is 0 Å². The van der Waals surface area contributed by atoms with Crippen molar-refractivity contribution < 1.29 is 4.79 Å². The van der Waals surface area contributed by atoms with Crippen LogP contribution in [0.25, 0.3) is 0 Å². The maximum Gasteiger partial charge on any atom is 0.227 e. The Balaban J connectivity index is 1.99. The van der Waals surface area contributed by atoms with Gasteiger partial charge in [0.1, 0.15) is 0 Å². The van der Waals surface area contributed by atoms with Gasteiger partial charge in [0.05, 0.1) is 6.42 Å². The third-order valence-corrected chi connectivity index (χ3v) is 4.30. The van der Waals surface area contributed by atoms with Crippen molar-refractivity contribution in [2.24, 2.45) is 11.7 Å². The second kappa shape index (κ2) is 6.04. The van der Waals surface area contributed by atoms with Crippen molar-refractivity contribution in [3.05, 3.63) is 33.3 Å². The molecule has 0 saturated carbocycles.